The van der Waals surface area contributed by atoms with Gasteiger partial charge in [0.25, 0.3) is 0 Å². The minimum atomic E-state index is -0.264. The van der Waals surface area contributed by atoms with Crippen molar-refractivity contribution in [2.45, 2.75) is 25.8 Å². The van der Waals surface area contributed by atoms with Gasteiger partial charge in [-0.2, -0.15) is 0 Å². The van der Waals surface area contributed by atoms with Crippen LogP contribution in [0.5, 0.6) is 5.75 Å². The van der Waals surface area contributed by atoms with Gasteiger partial charge in [-0.1, -0.05) is 0 Å². The van der Waals surface area contributed by atoms with Gasteiger partial charge in [0.1, 0.15) is 11.6 Å². The maximum atomic E-state index is 13.2. The molecule has 0 spiro atoms. The molecule has 1 aromatic rings. The van der Waals surface area contributed by atoms with Crippen LogP contribution in [0.15, 0.2) is 18.2 Å². The van der Waals surface area contributed by atoms with E-state index in [4.69, 9.17) is 4.74 Å². The van der Waals surface area contributed by atoms with Crippen molar-refractivity contribution >= 4 is 5.69 Å². The molecule has 1 aliphatic rings. The Balaban J connectivity index is 2.08. The molecule has 82 valence electrons. The largest absolute Gasteiger partial charge is 0.497 e. The fraction of sp³-hybridized carbons (Fsp3) is 0.500. The van der Waals surface area contributed by atoms with Crippen LogP contribution in [0, 0.1) is 11.7 Å². The molecule has 1 atom stereocenters. The molecule has 0 aromatic heterocycles. The Labute approximate surface area is 89.4 Å². The number of nitrogens with one attached hydrogen (secondary N) is 1. The molecule has 0 saturated heterocycles. The van der Waals surface area contributed by atoms with Crippen LogP contribution in [-0.2, 0) is 0 Å². The third kappa shape index (κ3) is 2.61. The molecule has 1 aliphatic carbocycles. The summed E-state index contributed by atoms with van der Waals surface area (Å²) in [7, 11) is 1.54. The lowest BCUT2D eigenvalue weighted by Gasteiger charge is -2.15. The van der Waals surface area contributed by atoms with E-state index < -0.39 is 0 Å². The molecule has 2 nitrogen and oxygen atoms in total. The van der Waals surface area contributed by atoms with Crippen molar-refractivity contribution < 1.29 is 9.13 Å². The maximum absolute atomic E-state index is 13.2. The van der Waals surface area contributed by atoms with E-state index in [9.17, 15) is 4.39 Å². The van der Waals surface area contributed by atoms with Crippen molar-refractivity contribution in [3.8, 4) is 5.75 Å². The monoisotopic (exact) mass is 209 g/mol. The number of rotatable bonds is 4. The summed E-state index contributed by atoms with van der Waals surface area (Å²) in [6, 6.07) is 5.12. The lowest BCUT2D eigenvalue weighted by atomic mass is 10.2. The quantitative estimate of drug-likeness (QED) is 0.823. The lowest BCUT2D eigenvalue weighted by molar-refractivity contribution is 0.411. The van der Waals surface area contributed by atoms with Crippen LogP contribution in [-0.4, -0.2) is 13.2 Å². The van der Waals surface area contributed by atoms with Crippen molar-refractivity contribution in [3.63, 3.8) is 0 Å². The summed E-state index contributed by atoms with van der Waals surface area (Å²) in [5, 5.41) is 3.30. The minimum absolute atomic E-state index is 0.264. The summed E-state index contributed by atoms with van der Waals surface area (Å²) in [4.78, 5) is 0. The number of benzene rings is 1. The highest BCUT2D eigenvalue weighted by Crippen LogP contribution is 2.34. The average Bonchev–Trinajstić information content (AvgIpc) is 2.99. The molecule has 1 saturated carbocycles. The summed E-state index contributed by atoms with van der Waals surface area (Å²) in [5.74, 6) is 1.04. The number of hydrogen-bond donors (Lipinski definition) is 1. The highest BCUT2D eigenvalue weighted by molar-refractivity contribution is 5.49. The average molecular weight is 209 g/mol. The second kappa shape index (κ2) is 4.09. The fourth-order valence-corrected chi connectivity index (χ4v) is 1.74. The van der Waals surface area contributed by atoms with E-state index in [1.807, 2.05) is 6.07 Å². The van der Waals surface area contributed by atoms with E-state index in [1.165, 1.54) is 25.0 Å². The van der Waals surface area contributed by atoms with Crippen LogP contribution in [0.25, 0.3) is 0 Å². The molecule has 0 heterocycles. The molecule has 1 fully saturated rings. The van der Waals surface area contributed by atoms with Crippen molar-refractivity contribution in [2.24, 2.45) is 5.92 Å². The summed E-state index contributed by atoms with van der Waals surface area (Å²) < 4.78 is 18.2. The lowest BCUT2D eigenvalue weighted by Crippen LogP contribution is -2.17. The van der Waals surface area contributed by atoms with E-state index in [1.54, 1.807) is 7.11 Å². The number of methoxy groups -OCH3 is 1. The Bertz CT molecular complexity index is 349. The molecule has 0 bridgehead atoms. The zero-order valence-corrected chi connectivity index (χ0v) is 9.09. The van der Waals surface area contributed by atoms with E-state index in [0.717, 1.165) is 11.6 Å². The molecular weight excluding hydrogens is 193 g/mol. The van der Waals surface area contributed by atoms with E-state index in [2.05, 4.69) is 12.2 Å². The first-order valence-electron chi connectivity index (χ1n) is 5.30. The molecule has 1 aromatic carbocycles. The van der Waals surface area contributed by atoms with Gasteiger partial charge in [-0.05, 0) is 31.7 Å². The maximum Gasteiger partial charge on any atom is 0.128 e. The topological polar surface area (TPSA) is 21.3 Å². The molecule has 3 heteroatoms. The Hall–Kier alpha value is -1.25. The van der Waals surface area contributed by atoms with Crippen LogP contribution in [0.3, 0.4) is 0 Å². The van der Waals surface area contributed by atoms with Crippen LogP contribution in [0.2, 0.25) is 0 Å². The zero-order valence-electron chi connectivity index (χ0n) is 9.09. The van der Waals surface area contributed by atoms with Gasteiger partial charge in [-0.15, -0.1) is 0 Å². The standard InChI is InChI=1S/C12H16FNO/c1-8(9-3-4-9)14-11-5-10(13)6-12(7-11)15-2/h5-9,14H,3-4H2,1-2H3. The van der Waals surface area contributed by atoms with E-state index >= 15 is 0 Å². The minimum Gasteiger partial charge on any atom is -0.497 e. The van der Waals surface area contributed by atoms with Crippen LogP contribution < -0.4 is 10.1 Å². The van der Waals surface area contributed by atoms with Gasteiger partial charge in [0.2, 0.25) is 0 Å². The van der Waals surface area contributed by atoms with Crippen LogP contribution in [0.4, 0.5) is 10.1 Å². The fourth-order valence-electron chi connectivity index (χ4n) is 1.74. The van der Waals surface area contributed by atoms with Gasteiger partial charge in [0, 0.05) is 23.9 Å². The zero-order chi connectivity index (χ0) is 10.8. The first kappa shape index (κ1) is 10.3. The third-order valence-corrected chi connectivity index (χ3v) is 2.83. The highest BCUT2D eigenvalue weighted by atomic mass is 19.1. The van der Waals surface area contributed by atoms with Crippen LogP contribution in [0.1, 0.15) is 19.8 Å². The molecule has 15 heavy (non-hydrogen) atoms. The van der Waals surface area contributed by atoms with Gasteiger partial charge in [-0.3, -0.25) is 0 Å². The number of halogens is 1. The third-order valence-electron chi connectivity index (χ3n) is 2.83. The van der Waals surface area contributed by atoms with Crippen molar-refractivity contribution in [3.05, 3.63) is 24.0 Å². The normalized spacial score (nSPS) is 17.3. The first-order chi connectivity index (χ1) is 7.19. The van der Waals surface area contributed by atoms with Gasteiger partial charge >= 0.3 is 0 Å². The SMILES string of the molecule is COc1cc(F)cc(NC(C)C2CC2)c1. The molecule has 1 N–H and O–H groups in total. The summed E-state index contributed by atoms with van der Waals surface area (Å²) in [6.07, 6.45) is 2.56. The summed E-state index contributed by atoms with van der Waals surface area (Å²) in [6.45, 7) is 2.13. The first-order valence-corrected chi connectivity index (χ1v) is 5.30. The summed E-state index contributed by atoms with van der Waals surface area (Å²) >= 11 is 0. The Morgan fingerprint density at radius 2 is 2.13 bits per heavy atom. The van der Waals surface area contributed by atoms with E-state index in [0.29, 0.717) is 11.8 Å². The highest BCUT2D eigenvalue weighted by Gasteiger charge is 2.27. The van der Waals surface area contributed by atoms with Gasteiger partial charge in [0.15, 0.2) is 0 Å². The van der Waals surface area contributed by atoms with Gasteiger partial charge in [-0.25, -0.2) is 4.39 Å². The van der Waals surface area contributed by atoms with Gasteiger partial charge in [0.05, 0.1) is 7.11 Å². The second-order valence-corrected chi connectivity index (χ2v) is 4.15. The number of anilines is 1. The van der Waals surface area contributed by atoms with Crippen molar-refractivity contribution in [2.75, 3.05) is 12.4 Å². The molecular formula is C12H16FNO. The smallest absolute Gasteiger partial charge is 0.128 e. The summed E-state index contributed by atoms with van der Waals surface area (Å²) in [5.41, 5.74) is 0.797. The van der Waals surface area contributed by atoms with Crippen LogP contribution >= 0.6 is 0 Å². The number of ether oxygens (including phenoxy) is 1. The van der Waals surface area contributed by atoms with E-state index in [-0.39, 0.29) is 5.82 Å². The van der Waals surface area contributed by atoms with Crippen molar-refractivity contribution in [1.82, 2.24) is 0 Å². The Kier molecular flexibility index (Phi) is 2.80. The number of hydrogen-bond acceptors (Lipinski definition) is 2. The second-order valence-electron chi connectivity index (χ2n) is 4.15. The molecule has 0 amide bonds. The molecule has 0 radical (unpaired) electrons. The Morgan fingerprint density at radius 3 is 2.73 bits per heavy atom. The predicted octanol–water partition coefficient (Wildman–Crippen LogP) is 3.04. The Morgan fingerprint density at radius 1 is 1.40 bits per heavy atom. The molecule has 1 unspecified atom stereocenters. The van der Waals surface area contributed by atoms with Crippen molar-refractivity contribution in [1.29, 1.82) is 0 Å². The predicted molar refractivity (Wildman–Crippen MR) is 58.8 cm³/mol. The van der Waals surface area contributed by atoms with Gasteiger partial charge < -0.3 is 10.1 Å². The molecule has 0 aliphatic heterocycles. The molecule has 2 rings (SSSR count).